The number of ether oxygens (including phenoxy) is 1. The van der Waals surface area contributed by atoms with Crippen molar-refractivity contribution in [2.24, 2.45) is 0 Å². The third-order valence-corrected chi connectivity index (χ3v) is 4.28. The van der Waals surface area contributed by atoms with Gasteiger partial charge in [-0.1, -0.05) is 30.3 Å². The molecule has 1 aromatic heterocycles. The quantitative estimate of drug-likeness (QED) is 0.910. The van der Waals surface area contributed by atoms with E-state index in [-0.39, 0.29) is 0 Å². The smallest absolute Gasteiger partial charge is 0.203 e. The lowest BCUT2D eigenvalue weighted by atomic mass is 10.0. The van der Waals surface area contributed by atoms with E-state index in [1.54, 1.807) is 0 Å². The van der Waals surface area contributed by atoms with Gasteiger partial charge >= 0.3 is 0 Å². The number of anilines is 1. The second-order valence-corrected chi connectivity index (χ2v) is 5.56. The Morgan fingerprint density at radius 3 is 2.90 bits per heavy atom. The number of nitrogens with one attached hydrogen (secondary N) is 1. The molecule has 2 aromatic rings. The molecule has 2 atom stereocenters. The Morgan fingerprint density at radius 2 is 2.10 bits per heavy atom. The highest BCUT2D eigenvalue weighted by Crippen LogP contribution is 2.34. The fraction of sp³-hybridized carbons (Fsp3) is 0.438. The molecule has 2 aliphatic rings. The Balaban J connectivity index is 1.70. The van der Waals surface area contributed by atoms with Gasteiger partial charge in [0.25, 0.3) is 0 Å². The monoisotopic (exact) mass is 269 g/mol. The van der Waals surface area contributed by atoms with Crippen molar-refractivity contribution in [3.63, 3.8) is 0 Å². The molecule has 4 heteroatoms. The van der Waals surface area contributed by atoms with Crippen molar-refractivity contribution in [2.45, 2.75) is 31.4 Å². The highest BCUT2D eigenvalue weighted by atomic mass is 16.5. The number of hydrogen-bond donors (Lipinski definition) is 1. The molecule has 4 nitrogen and oxygen atoms in total. The minimum absolute atomic E-state index is 0.355. The van der Waals surface area contributed by atoms with Crippen LogP contribution in [0.2, 0.25) is 0 Å². The maximum absolute atomic E-state index is 5.89. The van der Waals surface area contributed by atoms with Crippen molar-refractivity contribution >= 4 is 5.95 Å². The molecule has 1 N–H and O–H groups in total. The van der Waals surface area contributed by atoms with E-state index < -0.39 is 0 Å². The number of hydrogen-bond acceptors (Lipinski definition) is 3. The Morgan fingerprint density at radius 1 is 1.20 bits per heavy atom. The molecule has 0 aliphatic carbocycles. The molecule has 0 amide bonds. The maximum Gasteiger partial charge on any atom is 0.203 e. The molecule has 3 heterocycles. The lowest BCUT2D eigenvalue weighted by molar-refractivity contribution is 0.0636. The van der Waals surface area contributed by atoms with Gasteiger partial charge in [-0.3, -0.25) is 0 Å². The fourth-order valence-electron chi connectivity index (χ4n) is 3.27. The Bertz CT molecular complexity index is 587. The fourth-order valence-corrected chi connectivity index (χ4v) is 3.27. The van der Waals surface area contributed by atoms with Crippen LogP contribution < -0.4 is 5.32 Å². The number of fused-ring (bicyclic) bond motifs is 1. The van der Waals surface area contributed by atoms with E-state index in [4.69, 9.17) is 9.72 Å². The van der Waals surface area contributed by atoms with Gasteiger partial charge in [0.05, 0.1) is 17.8 Å². The zero-order valence-corrected chi connectivity index (χ0v) is 11.5. The predicted molar refractivity (Wildman–Crippen MR) is 78.8 cm³/mol. The lowest BCUT2D eigenvalue weighted by Crippen LogP contribution is -2.30. The van der Waals surface area contributed by atoms with Gasteiger partial charge in [-0.05, 0) is 19.3 Å². The number of imidazole rings is 1. The Hall–Kier alpha value is -1.81. The van der Waals surface area contributed by atoms with Crippen molar-refractivity contribution in [3.05, 3.63) is 36.5 Å². The third-order valence-electron chi connectivity index (χ3n) is 4.28. The first-order chi connectivity index (χ1) is 9.92. The molecule has 2 aliphatic heterocycles. The van der Waals surface area contributed by atoms with Crippen LogP contribution in [0.15, 0.2) is 36.5 Å². The molecule has 4 rings (SSSR count). The summed E-state index contributed by atoms with van der Waals surface area (Å²) in [5.74, 6) is 0.982. The van der Waals surface area contributed by atoms with Gasteiger partial charge in [-0.25, -0.2) is 4.98 Å². The molecule has 20 heavy (non-hydrogen) atoms. The summed E-state index contributed by atoms with van der Waals surface area (Å²) >= 11 is 0. The lowest BCUT2D eigenvalue weighted by Gasteiger charge is -2.29. The van der Waals surface area contributed by atoms with E-state index in [0.29, 0.717) is 12.1 Å². The highest BCUT2D eigenvalue weighted by Gasteiger charge is 2.31. The standard InChI is InChI=1S/C16H19N3O/c1-2-5-12(6-3-1)13-11-19-14(15-7-4-10-20-15)8-9-17-16(19)18-13/h1-3,5-6,11,14-15H,4,7-10H2,(H,17,18). The van der Waals surface area contributed by atoms with Crippen LogP contribution in [0.4, 0.5) is 5.95 Å². The van der Waals surface area contributed by atoms with Gasteiger partial charge in [0, 0.05) is 24.9 Å². The molecular weight excluding hydrogens is 250 g/mol. The molecular formula is C16H19N3O. The topological polar surface area (TPSA) is 39.1 Å². The normalized spacial score (nSPS) is 25.2. The zero-order valence-electron chi connectivity index (χ0n) is 11.5. The molecule has 104 valence electrons. The summed E-state index contributed by atoms with van der Waals surface area (Å²) < 4.78 is 8.17. The van der Waals surface area contributed by atoms with Crippen molar-refractivity contribution in [3.8, 4) is 11.3 Å². The summed E-state index contributed by atoms with van der Waals surface area (Å²) in [6.45, 7) is 1.89. The average molecular weight is 269 g/mol. The van der Waals surface area contributed by atoms with Gasteiger partial charge in [-0.2, -0.15) is 0 Å². The van der Waals surface area contributed by atoms with Crippen LogP contribution >= 0.6 is 0 Å². The van der Waals surface area contributed by atoms with Crippen LogP contribution in [0.1, 0.15) is 25.3 Å². The molecule has 1 fully saturated rings. The van der Waals surface area contributed by atoms with Crippen LogP contribution in [-0.4, -0.2) is 28.8 Å². The number of rotatable bonds is 2. The summed E-state index contributed by atoms with van der Waals surface area (Å²) in [7, 11) is 0. The zero-order chi connectivity index (χ0) is 13.4. The van der Waals surface area contributed by atoms with Gasteiger partial charge in [0.1, 0.15) is 0 Å². The summed E-state index contributed by atoms with van der Waals surface area (Å²) in [4.78, 5) is 4.74. The third kappa shape index (κ3) is 2.00. The van der Waals surface area contributed by atoms with E-state index in [1.165, 1.54) is 18.4 Å². The summed E-state index contributed by atoms with van der Waals surface area (Å²) in [5, 5.41) is 3.40. The van der Waals surface area contributed by atoms with E-state index >= 15 is 0 Å². The number of benzene rings is 1. The van der Waals surface area contributed by atoms with Crippen molar-refractivity contribution < 1.29 is 4.74 Å². The predicted octanol–water partition coefficient (Wildman–Crippen LogP) is 3.09. The van der Waals surface area contributed by atoms with Crippen LogP contribution in [0.5, 0.6) is 0 Å². The minimum Gasteiger partial charge on any atom is -0.376 e. The van der Waals surface area contributed by atoms with Crippen LogP contribution in [-0.2, 0) is 4.74 Å². The Kier molecular flexibility index (Phi) is 2.96. The molecule has 2 unspecified atom stereocenters. The number of nitrogens with zero attached hydrogens (tertiary/aromatic N) is 2. The Labute approximate surface area is 118 Å². The second-order valence-electron chi connectivity index (χ2n) is 5.56. The summed E-state index contributed by atoms with van der Waals surface area (Å²) in [5.41, 5.74) is 2.21. The van der Waals surface area contributed by atoms with E-state index in [2.05, 4.69) is 40.3 Å². The van der Waals surface area contributed by atoms with Gasteiger partial charge in [-0.15, -0.1) is 0 Å². The van der Waals surface area contributed by atoms with Crippen LogP contribution in [0.25, 0.3) is 11.3 Å². The maximum atomic E-state index is 5.89. The number of aromatic nitrogens is 2. The molecule has 1 saturated heterocycles. The molecule has 0 spiro atoms. The highest BCUT2D eigenvalue weighted by molar-refractivity contribution is 5.60. The van der Waals surface area contributed by atoms with Gasteiger partial charge in [0.2, 0.25) is 5.95 Å². The first kappa shape index (κ1) is 12.0. The van der Waals surface area contributed by atoms with E-state index in [0.717, 1.165) is 31.2 Å². The molecule has 0 bridgehead atoms. The first-order valence-electron chi connectivity index (χ1n) is 7.41. The van der Waals surface area contributed by atoms with Gasteiger partial charge in [0.15, 0.2) is 0 Å². The van der Waals surface area contributed by atoms with E-state index in [9.17, 15) is 0 Å². The first-order valence-corrected chi connectivity index (χ1v) is 7.41. The summed E-state index contributed by atoms with van der Waals surface area (Å²) in [6.07, 6.45) is 5.99. The second kappa shape index (κ2) is 4.94. The molecule has 1 aromatic carbocycles. The molecule has 0 saturated carbocycles. The van der Waals surface area contributed by atoms with Crippen LogP contribution in [0.3, 0.4) is 0 Å². The van der Waals surface area contributed by atoms with E-state index in [1.807, 2.05) is 6.07 Å². The average Bonchev–Trinajstić information content (AvgIpc) is 3.17. The minimum atomic E-state index is 0.355. The van der Waals surface area contributed by atoms with Crippen molar-refractivity contribution in [1.29, 1.82) is 0 Å². The SMILES string of the molecule is c1ccc(-c2cn3c(n2)NCCC3C2CCCO2)cc1. The van der Waals surface area contributed by atoms with Crippen molar-refractivity contribution in [1.82, 2.24) is 9.55 Å². The van der Waals surface area contributed by atoms with Crippen molar-refractivity contribution in [2.75, 3.05) is 18.5 Å². The van der Waals surface area contributed by atoms with Crippen LogP contribution in [0, 0.1) is 0 Å². The van der Waals surface area contributed by atoms with Gasteiger partial charge < -0.3 is 14.6 Å². The summed E-state index contributed by atoms with van der Waals surface area (Å²) in [6, 6.07) is 10.8. The largest absolute Gasteiger partial charge is 0.376 e. The molecule has 0 radical (unpaired) electrons.